The van der Waals surface area contributed by atoms with Crippen molar-refractivity contribution in [3.63, 3.8) is 0 Å². The van der Waals surface area contributed by atoms with E-state index in [-0.39, 0.29) is 6.04 Å². The van der Waals surface area contributed by atoms with Crippen molar-refractivity contribution in [1.29, 1.82) is 0 Å². The number of anilines is 1. The van der Waals surface area contributed by atoms with E-state index in [0.29, 0.717) is 27.4 Å². The molecule has 2 aromatic heterocycles. The fourth-order valence-electron chi connectivity index (χ4n) is 4.66. The number of rotatable bonds is 3. The average Bonchev–Trinajstić information content (AvgIpc) is 3.19. The maximum Gasteiger partial charge on any atom is 0.181 e. The van der Waals surface area contributed by atoms with Gasteiger partial charge in [-0.05, 0) is 32.1 Å². The number of hydrogen-bond donors (Lipinski definition) is 1. The van der Waals surface area contributed by atoms with Crippen molar-refractivity contribution in [3.05, 3.63) is 40.6 Å². The molecule has 0 bridgehead atoms. The molecule has 2 atom stereocenters. The van der Waals surface area contributed by atoms with Gasteiger partial charge < -0.3 is 15.5 Å². The van der Waals surface area contributed by atoms with Crippen LogP contribution in [0.4, 0.5) is 5.82 Å². The summed E-state index contributed by atoms with van der Waals surface area (Å²) < 4.78 is 1.68. The molecular formula is C21H26Cl2N8. The van der Waals surface area contributed by atoms with Crippen molar-refractivity contribution in [3.8, 4) is 5.69 Å². The molecule has 2 fully saturated rings. The molecule has 0 spiro atoms. The van der Waals surface area contributed by atoms with Crippen molar-refractivity contribution in [2.24, 2.45) is 5.73 Å². The van der Waals surface area contributed by atoms with Crippen LogP contribution >= 0.6 is 23.2 Å². The number of nitrogens with two attached hydrogens (primary N) is 1. The van der Waals surface area contributed by atoms with Gasteiger partial charge in [0.05, 0.1) is 28.1 Å². The van der Waals surface area contributed by atoms with Gasteiger partial charge in [0.1, 0.15) is 11.3 Å². The minimum Gasteiger partial charge on any atom is -0.353 e. The summed E-state index contributed by atoms with van der Waals surface area (Å²) in [6.45, 7) is 5.87. The smallest absolute Gasteiger partial charge is 0.181 e. The Balaban J connectivity index is 1.31. The number of piperidine rings is 1. The minimum absolute atomic E-state index is 0.214. The highest BCUT2D eigenvalue weighted by Gasteiger charge is 2.32. The molecule has 8 nitrogen and oxygen atoms in total. The van der Waals surface area contributed by atoms with Crippen LogP contribution in [0.2, 0.25) is 10.0 Å². The zero-order chi connectivity index (χ0) is 21.5. The molecule has 164 valence electrons. The van der Waals surface area contributed by atoms with Gasteiger partial charge in [0.15, 0.2) is 5.65 Å². The first-order valence-corrected chi connectivity index (χ1v) is 11.3. The summed E-state index contributed by atoms with van der Waals surface area (Å²) in [5, 5.41) is 5.37. The Hall–Kier alpha value is -1.97. The summed E-state index contributed by atoms with van der Waals surface area (Å²) in [5.74, 6) is 0.872. The Labute approximate surface area is 191 Å². The summed E-state index contributed by atoms with van der Waals surface area (Å²) in [4.78, 5) is 16.6. The zero-order valence-electron chi connectivity index (χ0n) is 17.5. The van der Waals surface area contributed by atoms with Crippen molar-refractivity contribution in [2.45, 2.75) is 18.5 Å². The van der Waals surface area contributed by atoms with Gasteiger partial charge in [0, 0.05) is 44.8 Å². The second-order valence-corrected chi connectivity index (χ2v) is 9.16. The Bertz CT molecular complexity index is 1080. The fourth-order valence-corrected chi connectivity index (χ4v) is 5.04. The molecule has 2 N–H and O–H groups in total. The van der Waals surface area contributed by atoms with Gasteiger partial charge in [0.25, 0.3) is 0 Å². The summed E-state index contributed by atoms with van der Waals surface area (Å²) in [7, 11) is 2.14. The first-order valence-electron chi connectivity index (χ1n) is 10.6. The highest BCUT2D eigenvalue weighted by atomic mass is 35.5. The van der Waals surface area contributed by atoms with E-state index in [1.165, 1.54) is 0 Å². The van der Waals surface area contributed by atoms with Crippen LogP contribution in [0.1, 0.15) is 6.42 Å². The standard InChI is InChI=1S/C21H26Cl2N8/c1-28-6-5-17(15(24)13-28)29-7-9-30(10-8-29)19-12-25-21-16(27-19)11-26-31(21)18-4-2-3-14(22)20(18)23/h2-4,11-12,15,17H,5-10,13,24H2,1H3/t15-,17?/m0/s1. The highest BCUT2D eigenvalue weighted by Crippen LogP contribution is 2.30. The van der Waals surface area contributed by atoms with E-state index in [1.807, 2.05) is 18.3 Å². The monoisotopic (exact) mass is 460 g/mol. The largest absolute Gasteiger partial charge is 0.353 e. The number of fused-ring (bicyclic) bond motifs is 1. The Morgan fingerprint density at radius 2 is 1.87 bits per heavy atom. The minimum atomic E-state index is 0.214. The molecule has 1 aromatic carbocycles. The molecular weight excluding hydrogens is 435 g/mol. The third-order valence-corrected chi connectivity index (χ3v) is 7.16. The van der Waals surface area contributed by atoms with Gasteiger partial charge in [-0.15, -0.1) is 0 Å². The number of likely N-dealkylation sites (tertiary alicyclic amines) is 1. The van der Waals surface area contributed by atoms with Gasteiger partial charge >= 0.3 is 0 Å². The number of likely N-dealkylation sites (N-methyl/N-ethyl adjacent to an activating group) is 1. The van der Waals surface area contributed by atoms with Crippen molar-refractivity contribution in [2.75, 3.05) is 51.2 Å². The van der Waals surface area contributed by atoms with E-state index >= 15 is 0 Å². The molecule has 4 heterocycles. The molecule has 2 aliphatic heterocycles. The van der Waals surface area contributed by atoms with Crippen LogP contribution in [0.3, 0.4) is 0 Å². The quantitative estimate of drug-likeness (QED) is 0.641. The summed E-state index contributed by atoms with van der Waals surface area (Å²) in [6, 6.07) is 6.14. The molecule has 5 rings (SSSR count). The van der Waals surface area contributed by atoms with Gasteiger partial charge in [0.2, 0.25) is 0 Å². The lowest BCUT2D eigenvalue weighted by atomic mass is 9.98. The summed E-state index contributed by atoms with van der Waals surface area (Å²) in [6.07, 6.45) is 4.67. The van der Waals surface area contributed by atoms with Crippen molar-refractivity contribution < 1.29 is 0 Å². The summed E-state index contributed by atoms with van der Waals surface area (Å²) in [5.41, 5.74) is 8.51. The van der Waals surface area contributed by atoms with Gasteiger partial charge in [-0.1, -0.05) is 29.3 Å². The normalized spacial score (nSPS) is 23.5. The second-order valence-electron chi connectivity index (χ2n) is 8.37. The lowest BCUT2D eigenvalue weighted by molar-refractivity contribution is 0.0964. The molecule has 3 aromatic rings. The van der Waals surface area contributed by atoms with E-state index < -0.39 is 0 Å². The molecule has 31 heavy (non-hydrogen) atoms. The topological polar surface area (TPSA) is 79.3 Å². The maximum absolute atomic E-state index is 6.43. The van der Waals surface area contributed by atoms with E-state index in [9.17, 15) is 0 Å². The van der Waals surface area contributed by atoms with Crippen LogP contribution in [-0.2, 0) is 0 Å². The van der Waals surface area contributed by atoms with E-state index in [1.54, 1.807) is 16.9 Å². The zero-order valence-corrected chi connectivity index (χ0v) is 19.0. The molecule has 2 saturated heterocycles. The number of hydrogen-bond acceptors (Lipinski definition) is 7. The molecule has 1 unspecified atom stereocenters. The first-order chi connectivity index (χ1) is 15.0. The molecule has 0 radical (unpaired) electrons. The van der Waals surface area contributed by atoms with Crippen LogP contribution < -0.4 is 10.6 Å². The highest BCUT2D eigenvalue weighted by molar-refractivity contribution is 6.43. The molecule has 0 amide bonds. The Morgan fingerprint density at radius 3 is 2.65 bits per heavy atom. The maximum atomic E-state index is 6.43. The van der Waals surface area contributed by atoms with E-state index in [0.717, 1.165) is 57.0 Å². The molecule has 0 saturated carbocycles. The SMILES string of the molecule is CN1CCC(N2CCN(c3cnc4c(cnn4-c4cccc(Cl)c4Cl)n3)CC2)[C@@H](N)C1. The van der Waals surface area contributed by atoms with Gasteiger partial charge in [-0.3, -0.25) is 4.90 Å². The fraction of sp³-hybridized carbons (Fsp3) is 0.476. The number of aromatic nitrogens is 4. The van der Waals surface area contributed by atoms with Crippen LogP contribution in [0.5, 0.6) is 0 Å². The summed E-state index contributed by atoms with van der Waals surface area (Å²) >= 11 is 12.5. The molecule has 0 aliphatic carbocycles. The average molecular weight is 461 g/mol. The van der Waals surface area contributed by atoms with Gasteiger partial charge in [-0.25, -0.2) is 14.6 Å². The third kappa shape index (κ3) is 3.99. The lowest BCUT2D eigenvalue weighted by Crippen LogP contribution is -2.61. The van der Waals surface area contributed by atoms with E-state index in [2.05, 4.69) is 31.8 Å². The van der Waals surface area contributed by atoms with Crippen LogP contribution in [-0.4, -0.2) is 87.9 Å². The van der Waals surface area contributed by atoms with Crippen LogP contribution in [0, 0.1) is 0 Å². The predicted molar refractivity (Wildman–Crippen MR) is 124 cm³/mol. The van der Waals surface area contributed by atoms with Crippen LogP contribution in [0.15, 0.2) is 30.6 Å². The van der Waals surface area contributed by atoms with Crippen LogP contribution in [0.25, 0.3) is 16.9 Å². The van der Waals surface area contributed by atoms with Gasteiger partial charge in [-0.2, -0.15) is 5.10 Å². The second kappa shape index (κ2) is 8.52. The number of nitrogens with zero attached hydrogens (tertiary/aromatic N) is 7. The molecule has 10 heteroatoms. The number of halogens is 2. The molecule has 2 aliphatic rings. The lowest BCUT2D eigenvalue weighted by Gasteiger charge is -2.45. The van der Waals surface area contributed by atoms with Crippen molar-refractivity contribution in [1.82, 2.24) is 29.5 Å². The predicted octanol–water partition coefficient (Wildman–Crippen LogP) is 2.28. The number of piperazine rings is 1. The first kappa shape index (κ1) is 20.9. The Kier molecular flexibility index (Phi) is 5.75. The van der Waals surface area contributed by atoms with Crippen molar-refractivity contribution >= 4 is 40.2 Å². The number of benzene rings is 1. The third-order valence-electron chi connectivity index (χ3n) is 6.35. The van der Waals surface area contributed by atoms with E-state index in [4.69, 9.17) is 33.9 Å². The Morgan fingerprint density at radius 1 is 1.06 bits per heavy atom.